The zero-order valence-electron chi connectivity index (χ0n) is 13.7. The first-order valence-corrected chi connectivity index (χ1v) is 8.61. The van der Waals surface area contributed by atoms with Crippen LogP contribution >= 0.6 is 11.8 Å². The minimum atomic E-state index is -0.973. The number of benzene rings is 2. The van der Waals surface area contributed by atoms with Crippen molar-refractivity contribution in [2.75, 3.05) is 6.54 Å². The molecule has 2 aromatic carbocycles. The normalized spacial score (nSPS) is 15.5. The lowest BCUT2D eigenvalue weighted by atomic mass is 10.0. The number of carbonyl (C=O) groups is 3. The summed E-state index contributed by atoms with van der Waals surface area (Å²) >= 11 is 0.908. The van der Waals surface area contributed by atoms with Crippen LogP contribution in [0.3, 0.4) is 0 Å². The highest BCUT2D eigenvalue weighted by Crippen LogP contribution is 2.32. The van der Waals surface area contributed by atoms with Crippen molar-refractivity contribution >= 4 is 35.0 Å². The first-order valence-electron chi connectivity index (χ1n) is 7.79. The second kappa shape index (κ2) is 7.41. The van der Waals surface area contributed by atoms with E-state index in [0.717, 1.165) is 33.4 Å². The summed E-state index contributed by atoms with van der Waals surface area (Å²) in [6, 6.07) is 14.0. The molecule has 2 amide bonds. The SMILES string of the molecule is C=CCN1C(=O)S/C(=C\c2ccc(-c3cccc(C(=O)O)c3)cc2)C1=O. The van der Waals surface area contributed by atoms with Gasteiger partial charge in [-0.25, -0.2) is 4.79 Å². The fraction of sp³-hybridized carbons (Fsp3) is 0.0500. The Morgan fingerprint density at radius 3 is 2.50 bits per heavy atom. The highest BCUT2D eigenvalue weighted by atomic mass is 32.2. The standard InChI is InChI=1S/C20H15NO4S/c1-2-10-21-18(22)17(26-20(21)25)11-13-6-8-14(9-7-13)15-4-3-5-16(12-15)19(23)24/h2-9,11-12H,1,10H2,(H,23,24)/b17-11-. The molecule has 5 nitrogen and oxygen atoms in total. The van der Waals surface area contributed by atoms with Crippen LogP contribution in [-0.2, 0) is 4.79 Å². The number of imide groups is 1. The van der Waals surface area contributed by atoms with Gasteiger partial charge in [-0.3, -0.25) is 14.5 Å². The molecule has 0 aliphatic carbocycles. The number of hydrogen-bond acceptors (Lipinski definition) is 4. The molecule has 0 aromatic heterocycles. The number of carbonyl (C=O) groups excluding carboxylic acids is 2. The number of amides is 2. The number of rotatable bonds is 5. The topological polar surface area (TPSA) is 74.7 Å². The largest absolute Gasteiger partial charge is 0.478 e. The van der Waals surface area contributed by atoms with E-state index in [-0.39, 0.29) is 23.3 Å². The maximum Gasteiger partial charge on any atom is 0.335 e. The van der Waals surface area contributed by atoms with E-state index in [1.54, 1.807) is 24.3 Å². The fourth-order valence-corrected chi connectivity index (χ4v) is 3.39. The Kier molecular flexibility index (Phi) is 5.04. The lowest BCUT2D eigenvalue weighted by Gasteiger charge is -2.07. The molecule has 1 saturated heterocycles. The molecule has 0 saturated carbocycles. The second-order valence-corrected chi connectivity index (χ2v) is 6.58. The van der Waals surface area contributed by atoms with Crippen LogP contribution in [-0.4, -0.2) is 33.7 Å². The molecule has 0 spiro atoms. The van der Waals surface area contributed by atoms with Crippen molar-refractivity contribution in [2.24, 2.45) is 0 Å². The minimum Gasteiger partial charge on any atom is -0.478 e. The Bertz CT molecular complexity index is 931. The zero-order valence-corrected chi connectivity index (χ0v) is 14.5. The Morgan fingerprint density at radius 2 is 1.85 bits per heavy atom. The van der Waals surface area contributed by atoms with Crippen LogP contribution in [0.4, 0.5) is 4.79 Å². The third kappa shape index (κ3) is 3.60. The molecule has 0 unspecified atom stereocenters. The molecular weight excluding hydrogens is 350 g/mol. The van der Waals surface area contributed by atoms with Crippen molar-refractivity contribution in [3.05, 3.63) is 77.2 Å². The Morgan fingerprint density at radius 1 is 1.12 bits per heavy atom. The van der Waals surface area contributed by atoms with Gasteiger partial charge in [0.2, 0.25) is 0 Å². The maximum atomic E-state index is 12.2. The average molecular weight is 365 g/mol. The molecule has 1 heterocycles. The summed E-state index contributed by atoms with van der Waals surface area (Å²) in [5, 5.41) is 8.78. The van der Waals surface area contributed by atoms with E-state index < -0.39 is 5.97 Å². The third-order valence-corrected chi connectivity index (χ3v) is 4.74. The highest BCUT2D eigenvalue weighted by Gasteiger charge is 2.33. The Balaban J connectivity index is 1.83. The molecule has 0 atom stereocenters. The highest BCUT2D eigenvalue weighted by molar-refractivity contribution is 8.18. The van der Waals surface area contributed by atoms with Gasteiger partial charge in [0, 0.05) is 6.54 Å². The number of carboxylic acid groups (broad SMARTS) is 1. The quantitative estimate of drug-likeness (QED) is 0.632. The number of nitrogens with zero attached hydrogens (tertiary/aromatic N) is 1. The molecule has 26 heavy (non-hydrogen) atoms. The van der Waals surface area contributed by atoms with Gasteiger partial charge >= 0.3 is 5.97 Å². The van der Waals surface area contributed by atoms with Crippen molar-refractivity contribution in [3.63, 3.8) is 0 Å². The lowest BCUT2D eigenvalue weighted by molar-refractivity contribution is -0.122. The molecule has 0 bridgehead atoms. The van der Waals surface area contributed by atoms with Gasteiger partial charge in [0.25, 0.3) is 11.1 Å². The summed E-state index contributed by atoms with van der Waals surface area (Å²) in [5.41, 5.74) is 2.67. The summed E-state index contributed by atoms with van der Waals surface area (Å²) in [7, 11) is 0. The van der Waals surface area contributed by atoms with Crippen LogP contribution in [0.5, 0.6) is 0 Å². The molecule has 1 N–H and O–H groups in total. The van der Waals surface area contributed by atoms with E-state index in [1.165, 1.54) is 6.08 Å². The average Bonchev–Trinajstić information content (AvgIpc) is 2.90. The number of hydrogen-bond donors (Lipinski definition) is 1. The van der Waals surface area contributed by atoms with E-state index in [2.05, 4.69) is 6.58 Å². The second-order valence-electron chi connectivity index (χ2n) is 5.59. The minimum absolute atomic E-state index is 0.195. The number of aromatic carboxylic acids is 1. The lowest BCUT2D eigenvalue weighted by Crippen LogP contribution is -2.27. The van der Waals surface area contributed by atoms with Crippen LogP contribution in [0.15, 0.2) is 66.1 Å². The molecule has 3 rings (SSSR count). The van der Waals surface area contributed by atoms with E-state index in [9.17, 15) is 14.4 Å². The van der Waals surface area contributed by atoms with Crippen LogP contribution in [0, 0.1) is 0 Å². The molecule has 0 radical (unpaired) electrons. The first kappa shape index (κ1) is 17.7. The summed E-state index contributed by atoms with van der Waals surface area (Å²) in [4.78, 5) is 36.6. The molecule has 130 valence electrons. The molecule has 2 aromatic rings. The molecule has 1 fully saturated rings. The summed E-state index contributed by atoms with van der Waals surface area (Å²) in [6.45, 7) is 3.74. The Labute approximate surface area is 154 Å². The van der Waals surface area contributed by atoms with Gasteiger partial charge < -0.3 is 5.11 Å². The van der Waals surface area contributed by atoms with Gasteiger partial charge in [0.05, 0.1) is 10.5 Å². The molecule has 6 heteroatoms. The predicted octanol–water partition coefficient (Wildman–Crippen LogP) is 4.27. The maximum absolute atomic E-state index is 12.2. The van der Waals surface area contributed by atoms with Gasteiger partial charge in [-0.15, -0.1) is 6.58 Å². The van der Waals surface area contributed by atoms with Crippen molar-refractivity contribution in [1.82, 2.24) is 4.90 Å². The van der Waals surface area contributed by atoms with Crippen LogP contribution in [0.25, 0.3) is 17.2 Å². The smallest absolute Gasteiger partial charge is 0.335 e. The van der Waals surface area contributed by atoms with E-state index in [4.69, 9.17) is 5.11 Å². The first-order chi connectivity index (χ1) is 12.5. The van der Waals surface area contributed by atoms with Gasteiger partial charge in [-0.05, 0) is 46.7 Å². The zero-order chi connectivity index (χ0) is 18.7. The molecule has 1 aliphatic heterocycles. The van der Waals surface area contributed by atoms with Gasteiger partial charge in [0.1, 0.15) is 0 Å². The summed E-state index contributed by atoms with van der Waals surface area (Å²) < 4.78 is 0. The van der Waals surface area contributed by atoms with Gasteiger partial charge in [0.15, 0.2) is 0 Å². The third-order valence-electron chi connectivity index (χ3n) is 3.84. The monoisotopic (exact) mass is 365 g/mol. The number of thioether (sulfide) groups is 1. The fourth-order valence-electron chi connectivity index (χ4n) is 2.54. The van der Waals surface area contributed by atoms with Crippen LogP contribution in [0.1, 0.15) is 15.9 Å². The Hall–Kier alpha value is -3.12. The molecule has 1 aliphatic rings. The van der Waals surface area contributed by atoms with E-state index in [0.29, 0.717) is 4.91 Å². The van der Waals surface area contributed by atoms with Crippen LogP contribution in [0.2, 0.25) is 0 Å². The van der Waals surface area contributed by atoms with Gasteiger partial charge in [-0.1, -0.05) is 42.5 Å². The van der Waals surface area contributed by atoms with Crippen molar-refractivity contribution in [2.45, 2.75) is 0 Å². The van der Waals surface area contributed by atoms with Crippen molar-refractivity contribution in [1.29, 1.82) is 0 Å². The number of carboxylic acids is 1. The van der Waals surface area contributed by atoms with E-state index >= 15 is 0 Å². The summed E-state index contributed by atoms with van der Waals surface area (Å²) in [5.74, 6) is -1.29. The van der Waals surface area contributed by atoms with Crippen molar-refractivity contribution in [3.8, 4) is 11.1 Å². The van der Waals surface area contributed by atoms with Crippen molar-refractivity contribution < 1.29 is 19.5 Å². The summed E-state index contributed by atoms with van der Waals surface area (Å²) in [6.07, 6.45) is 3.19. The van der Waals surface area contributed by atoms with Crippen LogP contribution < -0.4 is 0 Å². The van der Waals surface area contributed by atoms with Gasteiger partial charge in [-0.2, -0.15) is 0 Å². The predicted molar refractivity (Wildman–Crippen MR) is 102 cm³/mol. The van der Waals surface area contributed by atoms with E-state index in [1.807, 2.05) is 30.3 Å². The molecular formula is C20H15NO4S.